The summed E-state index contributed by atoms with van der Waals surface area (Å²) < 4.78 is 34.2. The molecular weight excluding hydrogens is 352 g/mol. The molecule has 1 atom stereocenters. The van der Waals surface area contributed by atoms with E-state index in [0.29, 0.717) is 5.56 Å². The molecule has 0 heterocycles. The van der Waals surface area contributed by atoms with E-state index in [1.807, 2.05) is 44.2 Å². The van der Waals surface area contributed by atoms with Crippen molar-refractivity contribution in [1.82, 2.24) is 5.32 Å². The Morgan fingerprint density at radius 1 is 1.07 bits per heavy atom. The Kier molecular flexibility index (Phi) is 7.34. The highest BCUT2D eigenvalue weighted by Gasteiger charge is 2.17. The molecule has 1 unspecified atom stereocenters. The van der Waals surface area contributed by atoms with E-state index in [2.05, 4.69) is 10.1 Å². The summed E-state index contributed by atoms with van der Waals surface area (Å²) in [5, 5.41) is 2.99. The fourth-order valence-electron chi connectivity index (χ4n) is 2.65. The van der Waals surface area contributed by atoms with Gasteiger partial charge in [-0.1, -0.05) is 50.2 Å². The van der Waals surface area contributed by atoms with Crippen LogP contribution in [0.3, 0.4) is 0 Å². The lowest BCUT2D eigenvalue weighted by molar-refractivity contribution is -0.117. The van der Waals surface area contributed by atoms with E-state index in [0.717, 1.165) is 5.56 Å². The van der Waals surface area contributed by atoms with Gasteiger partial charge in [-0.05, 0) is 35.3 Å². The molecule has 0 saturated carbocycles. The molecule has 6 heteroatoms. The van der Waals surface area contributed by atoms with Crippen molar-refractivity contribution in [3.8, 4) is 11.5 Å². The Balaban J connectivity index is 2.09. The van der Waals surface area contributed by atoms with Crippen LogP contribution < -0.4 is 14.8 Å². The predicted octanol–water partition coefficient (Wildman–Crippen LogP) is 4.82. The van der Waals surface area contributed by atoms with Crippen LogP contribution in [0.5, 0.6) is 11.5 Å². The topological polar surface area (TPSA) is 47.6 Å². The maximum absolute atomic E-state index is 12.4. The molecule has 144 valence electrons. The van der Waals surface area contributed by atoms with Crippen molar-refractivity contribution in [3.63, 3.8) is 0 Å². The molecule has 1 amide bonds. The molecule has 0 spiro atoms. The van der Waals surface area contributed by atoms with E-state index in [1.165, 1.54) is 25.3 Å². The third-order valence-electron chi connectivity index (χ3n) is 3.95. The summed E-state index contributed by atoms with van der Waals surface area (Å²) in [6.07, 6.45) is 2.99. The first-order valence-corrected chi connectivity index (χ1v) is 8.57. The first kappa shape index (κ1) is 20.4. The van der Waals surface area contributed by atoms with Crippen LogP contribution in [-0.4, -0.2) is 19.6 Å². The second-order valence-corrected chi connectivity index (χ2v) is 6.26. The molecule has 0 radical (unpaired) electrons. The standard InChI is InChI=1S/C21H23F2NO3/c1-14(2)20(16-7-5-4-6-8-16)24-19(25)12-10-15-9-11-17(27-21(22)23)18(13-15)26-3/h4-14,20-21H,1-3H3,(H,24,25)/b12-10+. The van der Waals surface area contributed by atoms with E-state index >= 15 is 0 Å². The average Bonchev–Trinajstić information content (AvgIpc) is 2.65. The number of nitrogens with one attached hydrogen (secondary N) is 1. The molecule has 0 fully saturated rings. The minimum absolute atomic E-state index is 0.0574. The normalized spacial score (nSPS) is 12.4. The molecule has 2 aromatic rings. The van der Waals surface area contributed by atoms with Gasteiger partial charge in [0.25, 0.3) is 0 Å². The SMILES string of the molecule is COc1cc(/C=C/C(=O)NC(c2ccccc2)C(C)C)ccc1OC(F)F. The number of amides is 1. The summed E-state index contributed by atoms with van der Waals surface area (Å²) in [4.78, 5) is 12.3. The van der Waals surface area contributed by atoms with Crippen LogP contribution in [0.1, 0.15) is 31.0 Å². The Morgan fingerprint density at radius 3 is 2.37 bits per heavy atom. The van der Waals surface area contributed by atoms with Gasteiger partial charge in [0.05, 0.1) is 13.2 Å². The molecule has 2 rings (SSSR count). The number of halogens is 2. The molecular formula is C21H23F2NO3. The van der Waals surface area contributed by atoms with Gasteiger partial charge in [-0.15, -0.1) is 0 Å². The Bertz CT molecular complexity index is 776. The number of carbonyl (C=O) groups is 1. The van der Waals surface area contributed by atoms with E-state index in [-0.39, 0.29) is 29.4 Å². The van der Waals surface area contributed by atoms with Crippen LogP contribution in [0.4, 0.5) is 8.78 Å². The lowest BCUT2D eigenvalue weighted by Gasteiger charge is -2.22. The Hall–Kier alpha value is -2.89. The van der Waals surface area contributed by atoms with Gasteiger partial charge in [0.1, 0.15) is 0 Å². The summed E-state index contributed by atoms with van der Waals surface area (Å²) in [6, 6.07) is 14.1. The van der Waals surface area contributed by atoms with Crippen LogP contribution in [0.25, 0.3) is 6.08 Å². The summed E-state index contributed by atoms with van der Waals surface area (Å²) in [6.45, 7) is 1.14. The molecule has 0 aliphatic carbocycles. The van der Waals surface area contributed by atoms with Crippen LogP contribution in [0.15, 0.2) is 54.6 Å². The van der Waals surface area contributed by atoms with Crippen molar-refractivity contribution in [2.24, 2.45) is 5.92 Å². The molecule has 27 heavy (non-hydrogen) atoms. The van der Waals surface area contributed by atoms with Gasteiger partial charge in [0.2, 0.25) is 5.91 Å². The second-order valence-electron chi connectivity index (χ2n) is 6.26. The summed E-state index contributed by atoms with van der Waals surface area (Å²) in [5.74, 6) is 0.0836. The second kappa shape index (κ2) is 9.71. The molecule has 0 aliphatic rings. The van der Waals surface area contributed by atoms with Gasteiger partial charge in [-0.2, -0.15) is 8.78 Å². The Labute approximate surface area is 157 Å². The largest absolute Gasteiger partial charge is 0.493 e. The highest BCUT2D eigenvalue weighted by molar-refractivity contribution is 5.92. The summed E-state index contributed by atoms with van der Waals surface area (Å²) in [7, 11) is 1.36. The minimum Gasteiger partial charge on any atom is -0.493 e. The van der Waals surface area contributed by atoms with E-state index in [1.54, 1.807) is 12.1 Å². The third-order valence-corrected chi connectivity index (χ3v) is 3.95. The molecule has 0 aromatic heterocycles. The number of hydrogen-bond acceptors (Lipinski definition) is 3. The van der Waals surface area contributed by atoms with Crippen molar-refractivity contribution in [2.75, 3.05) is 7.11 Å². The van der Waals surface area contributed by atoms with Crippen molar-refractivity contribution in [1.29, 1.82) is 0 Å². The summed E-state index contributed by atoms with van der Waals surface area (Å²) in [5.41, 5.74) is 1.66. The molecule has 0 aliphatic heterocycles. The number of alkyl halides is 2. The minimum atomic E-state index is -2.93. The number of carbonyl (C=O) groups excluding carboxylic acids is 1. The fourth-order valence-corrected chi connectivity index (χ4v) is 2.65. The van der Waals surface area contributed by atoms with E-state index in [9.17, 15) is 13.6 Å². The van der Waals surface area contributed by atoms with Crippen LogP contribution >= 0.6 is 0 Å². The quantitative estimate of drug-likeness (QED) is 0.673. The highest BCUT2D eigenvalue weighted by atomic mass is 19.3. The zero-order chi connectivity index (χ0) is 19.8. The van der Waals surface area contributed by atoms with Crippen LogP contribution in [-0.2, 0) is 4.79 Å². The van der Waals surface area contributed by atoms with Gasteiger partial charge in [0, 0.05) is 6.08 Å². The van der Waals surface area contributed by atoms with Gasteiger partial charge in [-0.25, -0.2) is 0 Å². The molecule has 1 N–H and O–H groups in total. The van der Waals surface area contributed by atoms with Crippen molar-refractivity contribution in [3.05, 3.63) is 65.7 Å². The van der Waals surface area contributed by atoms with Gasteiger partial charge >= 0.3 is 6.61 Å². The van der Waals surface area contributed by atoms with Crippen LogP contribution in [0.2, 0.25) is 0 Å². The van der Waals surface area contributed by atoms with Crippen molar-refractivity contribution < 1.29 is 23.0 Å². The lowest BCUT2D eigenvalue weighted by Crippen LogP contribution is -2.30. The predicted molar refractivity (Wildman–Crippen MR) is 101 cm³/mol. The van der Waals surface area contributed by atoms with Crippen molar-refractivity contribution in [2.45, 2.75) is 26.5 Å². The fraction of sp³-hybridized carbons (Fsp3) is 0.286. The number of rotatable bonds is 8. The highest BCUT2D eigenvalue weighted by Crippen LogP contribution is 2.30. The zero-order valence-corrected chi connectivity index (χ0v) is 15.5. The van der Waals surface area contributed by atoms with E-state index in [4.69, 9.17) is 4.74 Å². The van der Waals surface area contributed by atoms with Crippen LogP contribution in [0, 0.1) is 5.92 Å². The maximum Gasteiger partial charge on any atom is 0.387 e. The number of ether oxygens (including phenoxy) is 2. The maximum atomic E-state index is 12.4. The number of methoxy groups -OCH3 is 1. The number of benzene rings is 2. The lowest BCUT2D eigenvalue weighted by atomic mass is 9.96. The first-order chi connectivity index (χ1) is 12.9. The zero-order valence-electron chi connectivity index (χ0n) is 15.5. The molecule has 0 saturated heterocycles. The average molecular weight is 375 g/mol. The van der Waals surface area contributed by atoms with Crippen molar-refractivity contribution >= 4 is 12.0 Å². The van der Waals surface area contributed by atoms with Gasteiger partial charge < -0.3 is 14.8 Å². The third kappa shape index (κ3) is 6.09. The van der Waals surface area contributed by atoms with Gasteiger partial charge in [-0.3, -0.25) is 4.79 Å². The number of hydrogen-bond donors (Lipinski definition) is 1. The smallest absolute Gasteiger partial charge is 0.387 e. The molecule has 0 bridgehead atoms. The molecule has 2 aromatic carbocycles. The monoisotopic (exact) mass is 375 g/mol. The van der Waals surface area contributed by atoms with E-state index < -0.39 is 6.61 Å². The summed E-state index contributed by atoms with van der Waals surface area (Å²) >= 11 is 0. The Morgan fingerprint density at radius 2 is 1.78 bits per heavy atom. The first-order valence-electron chi connectivity index (χ1n) is 8.57. The molecule has 4 nitrogen and oxygen atoms in total. The van der Waals surface area contributed by atoms with Gasteiger partial charge in [0.15, 0.2) is 11.5 Å².